The lowest BCUT2D eigenvalue weighted by atomic mass is 10.00. The highest BCUT2D eigenvalue weighted by atomic mass is 16.6. The number of hydrogen-bond donors (Lipinski definition) is 1. The van der Waals surface area contributed by atoms with Gasteiger partial charge in [-0.2, -0.15) is 0 Å². The zero-order valence-electron chi connectivity index (χ0n) is 13.9. The summed E-state index contributed by atoms with van der Waals surface area (Å²) in [5.41, 5.74) is 0. The van der Waals surface area contributed by atoms with Crippen LogP contribution >= 0.6 is 0 Å². The molecule has 2 aliphatic rings. The van der Waals surface area contributed by atoms with Crippen molar-refractivity contribution < 1.29 is 14.3 Å². The normalized spacial score (nSPS) is 21.6. The zero-order valence-corrected chi connectivity index (χ0v) is 13.9. The zero-order chi connectivity index (χ0) is 16.8. The number of piperazine rings is 1. The molecule has 0 unspecified atom stereocenters. The molecular weight excluding hydrogens is 310 g/mol. The molecule has 0 radical (unpaired) electrons. The van der Waals surface area contributed by atoms with Crippen LogP contribution < -0.4 is 5.32 Å². The Bertz CT molecular complexity index is 542. The largest absolute Gasteiger partial charge is 0.419 e. The summed E-state index contributed by atoms with van der Waals surface area (Å²) < 4.78 is 7.13. The van der Waals surface area contributed by atoms with Gasteiger partial charge in [0, 0.05) is 57.7 Å². The van der Waals surface area contributed by atoms with Crippen LogP contribution in [0.15, 0.2) is 18.7 Å². The van der Waals surface area contributed by atoms with Gasteiger partial charge in [0.1, 0.15) is 0 Å². The first-order chi connectivity index (χ1) is 11.7. The van der Waals surface area contributed by atoms with Crippen LogP contribution in [0.3, 0.4) is 0 Å². The summed E-state index contributed by atoms with van der Waals surface area (Å²) >= 11 is 0. The van der Waals surface area contributed by atoms with Crippen molar-refractivity contribution in [1.29, 1.82) is 0 Å². The van der Waals surface area contributed by atoms with Crippen molar-refractivity contribution in [2.24, 2.45) is 0 Å². The molecule has 2 amide bonds. The second-order valence-corrected chi connectivity index (χ2v) is 6.30. The molecule has 0 spiro atoms. The number of carbonyl (C=O) groups is 2. The molecule has 0 saturated carbocycles. The minimum absolute atomic E-state index is 0.115. The van der Waals surface area contributed by atoms with Crippen molar-refractivity contribution in [3.8, 4) is 0 Å². The van der Waals surface area contributed by atoms with E-state index in [9.17, 15) is 9.59 Å². The lowest BCUT2D eigenvalue weighted by Gasteiger charge is -2.35. The smallest absolute Gasteiger partial charge is 0.359 e. The van der Waals surface area contributed by atoms with Gasteiger partial charge in [-0.3, -0.25) is 0 Å². The van der Waals surface area contributed by atoms with Crippen molar-refractivity contribution in [2.45, 2.75) is 38.3 Å². The van der Waals surface area contributed by atoms with E-state index < -0.39 is 12.2 Å². The summed E-state index contributed by atoms with van der Waals surface area (Å²) in [6.45, 7) is 4.09. The second-order valence-electron chi connectivity index (χ2n) is 6.30. The lowest BCUT2D eigenvalue weighted by Crippen LogP contribution is -2.50. The molecule has 1 aromatic heterocycles. The third kappa shape index (κ3) is 4.25. The van der Waals surface area contributed by atoms with E-state index in [4.69, 9.17) is 4.74 Å². The van der Waals surface area contributed by atoms with E-state index in [-0.39, 0.29) is 6.04 Å². The van der Waals surface area contributed by atoms with Crippen LogP contribution in [0.25, 0.3) is 0 Å². The Kier molecular flexibility index (Phi) is 5.68. The average molecular weight is 335 g/mol. The first-order valence-electron chi connectivity index (χ1n) is 8.68. The summed E-state index contributed by atoms with van der Waals surface area (Å²) in [5, 5.41) is 3.17. The number of rotatable bonds is 3. The minimum atomic E-state index is -0.527. The van der Waals surface area contributed by atoms with Crippen molar-refractivity contribution >= 4 is 12.2 Å². The van der Waals surface area contributed by atoms with Gasteiger partial charge in [0.25, 0.3) is 0 Å². The lowest BCUT2D eigenvalue weighted by molar-refractivity contribution is 0.0694. The maximum atomic E-state index is 12.4. The number of imidazole rings is 1. The quantitative estimate of drug-likeness (QED) is 0.842. The average Bonchev–Trinajstić information content (AvgIpc) is 3.14. The van der Waals surface area contributed by atoms with Gasteiger partial charge in [-0.05, 0) is 25.7 Å². The summed E-state index contributed by atoms with van der Waals surface area (Å²) in [7, 11) is 0. The highest BCUT2D eigenvalue weighted by Gasteiger charge is 2.30. The van der Waals surface area contributed by atoms with Crippen LogP contribution in [-0.2, 0) is 11.3 Å². The van der Waals surface area contributed by atoms with Gasteiger partial charge in [-0.25, -0.2) is 14.6 Å². The number of aromatic nitrogens is 2. The van der Waals surface area contributed by atoms with Gasteiger partial charge in [0.05, 0.1) is 6.33 Å². The second kappa shape index (κ2) is 8.14. The number of amides is 2. The Balaban J connectivity index is 1.53. The molecule has 8 nitrogen and oxygen atoms in total. The van der Waals surface area contributed by atoms with E-state index in [1.165, 1.54) is 0 Å². The number of ether oxygens (including phenoxy) is 1. The number of piperidine rings is 1. The van der Waals surface area contributed by atoms with E-state index in [0.717, 1.165) is 45.3 Å². The molecule has 132 valence electrons. The fraction of sp³-hybridized carbons (Fsp3) is 0.688. The van der Waals surface area contributed by atoms with E-state index in [1.54, 1.807) is 22.3 Å². The number of carbonyl (C=O) groups excluding carboxylic acids is 2. The third-order valence-corrected chi connectivity index (χ3v) is 4.69. The Hall–Kier alpha value is -2.09. The van der Waals surface area contributed by atoms with Gasteiger partial charge >= 0.3 is 12.2 Å². The van der Waals surface area contributed by atoms with Gasteiger partial charge in [0.15, 0.2) is 0 Å². The first-order valence-corrected chi connectivity index (χ1v) is 8.68. The van der Waals surface area contributed by atoms with E-state index in [2.05, 4.69) is 10.3 Å². The highest BCUT2D eigenvalue weighted by molar-refractivity contribution is 5.83. The van der Waals surface area contributed by atoms with Gasteiger partial charge in [-0.15, -0.1) is 0 Å². The maximum Gasteiger partial charge on any atom is 0.419 e. The number of hydrogen-bond acceptors (Lipinski definition) is 5. The van der Waals surface area contributed by atoms with Crippen LogP contribution in [0.5, 0.6) is 0 Å². The SMILES string of the molecule is O=C(OC(=O)N1CCCC[C@@H]1CCn1ccnc1)N1CCNCC1. The Morgan fingerprint density at radius 3 is 2.75 bits per heavy atom. The number of nitrogens with zero attached hydrogens (tertiary/aromatic N) is 4. The van der Waals surface area contributed by atoms with Gasteiger partial charge in [-0.1, -0.05) is 0 Å². The standard InChI is InChI=1S/C16H25N5O3/c22-15(20-11-6-17-7-12-20)24-16(23)21-8-2-1-3-14(21)4-9-19-10-5-18-13-19/h5,10,13-14,17H,1-4,6-9,11-12H2/t14-/m1/s1. The summed E-state index contributed by atoms with van der Waals surface area (Å²) in [4.78, 5) is 31.9. The van der Waals surface area contributed by atoms with E-state index in [1.807, 2.05) is 10.8 Å². The Morgan fingerprint density at radius 1 is 1.17 bits per heavy atom. The molecule has 3 rings (SSSR count). The summed E-state index contributed by atoms with van der Waals surface area (Å²) in [6.07, 6.45) is 8.26. The summed E-state index contributed by atoms with van der Waals surface area (Å²) in [6, 6.07) is 0.115. The molecule has 24 heavy (non-hydrogen) atoms. The summed E-state index contributed by atoms with van der Waals surface area (Å²) in [5.74, 6) is 0. The number of likely N-dealkylation sites (tertiary alicyclic amines) is 1. The molecule has 2 fully saturated rings. The van der Waals surface area contributed by atoms with Crippen molar-refractivity contribution in [3.63, 3.8) is 0 Å². The van der Waals surface area contributed by atoms with Crippen molar-refractivity contribution in [2.75, 3.05) is 32.7 Å². The Labute approximate surface area is 141 Å². The van der Waals surface area contributed by atoms with Crippen LogP contribution in [-0.4, -0.2) is 70.3 Å². The van der Waals surface area contributed by atoms with E-state index in [0.29, 0.717) is 19.6 Å². The molecule has 1 atom stereocenters. The van der Waals surface area contributed by atoms with Crippen LogP contribution in [0.1, 0.15) is 25.7 Å². The molecule has 2 aliphatic heterocycles. The highest BCUT2D eigenvalue weighted by Crippen LogP contribution is 2.21. The number of aryl methyl sites for hydroxylation is 1. The van der Waals surface area contributed by atoms with Crippen molar-refractivity contribution in [1.82, 2.24) is 24.7 Å². The predicted molar refractivity (Wildman–Crippen MR) is 87.5 cm³/mol. The number of nitrogens with one attached hydrogen (secondary N) is 1. The molecule has 8 heteroatoms. The monoisotopic (exact) mass is 335 g/mol. The maximum absolute atomic E-state index is 12.4. The predicted octanol–water partition coefficient (Wildman–Crippen LogP) is 1.29. The van der Waals surface area contributed by atoms with E-state index >= 15 is 0 Å². The fourth-order valence-corrected chi connectivity index (χ4v) is 3.30. The minimum Gasteiger partial charge on any atom is -0.359 e. The topological polar surface area (TPSA) is 79.7 Å². The van der Waals surface area contributed by atoms with Gasteiger partial charge < -0.3 is 24.4 Å². The van der Waals surface area contributed by atoms with Crippen molar-refractivity contribution in [3.05, 3.63) is 18.7 Å². The fourth-order valence-electron chi connectivity index (χ4n) is 3.30. The van der Waals surface area contributed by atoms with Crippen LogP contribution in [0, 0.1) is 0 Å². The third-order valence-electron chi connectivity index (χ3n) is 4.69. The Morgan fingerprint density at radius 2 is 2.00 bits per heavy atom. The molecule has 0 bridgehead atoms. The molecule has 0 aliphatic carbocycles. The molecule has 2 saturated heterocycles. The molecule has 1 N–H and O–H groups in total. The molecule has 1 aromatic rings. The molecule has 3 heterocycles. The molecule has 0 aromatic carbocycles. The van der Waals surface area contributed by atoms with Gasteiger partial charge in [0.2, 0.25) is 0 Å². The van der Waals surface area contributed by atoms with Crippen LogP contribution in [0.4, 0.5) is 9.59 Å². The first kappa shape index (κ1) is 16.8. The molecular formula is C16H25N5O3. The van der Waals surface area contributed by atoms with Crippen LogP contribution in [0.2, 0.25) is 0 Å².